The first-order valence-electron chi connectivity index (χ1n) is 4.61. The summed E-state index contributed by atoms with van der Waals surface area (Å²) in [5.41, 5.74) is -0.794. The van der Waals surface area contributed by atoms with Gasteiger partial charge < -0.3 is 14.6 Å². The SMILES string of the molecule is COC(=O)Cc1nc(C(F)F)c(O)cc1OC. The number of pyridine rings is 1. The maximum atomic E-state index is 12.5. The summed E-state index contributed by atoms with van der Waals surface area (Å²) in [6, 6.07) is 0.993. The Bertz CT molecular complexity index is 423. The average molecular weight is 247 g/mol. The lowest BCUT2D eigenvalue weighted by Crippen LogP contribution is -2.09. The van der Waals surface area contributed by atoms with Gasteiger partial charge in [-0.2, -0.15) is 0 Å². The summed E-state index contributed by atoms with van der Waals surface area (Å²) in [5.74, 6) is -1.26. The van der Waals surface area contributed by atoms with Gasteiger partial charge in [0.15, 0.2) is 0 Å². The third-order valence-corrected chi connectivity index (χ3v) is 2.04. The highest BCUT2D eigenvalue weighted by atomic mass is 19.3. The summed E-state index contributed by atoms with van der Waals surface area (Å²) in [7, 11) is 2.45. The Morgan fingerprint density at radius 3 is 2.65 bits per heavy atom. The molecule has 0 saturated heterocycles. The predicted molar refractivity (Wildman–Crippen MR) is 53.1 cm³/mol. The fourth-order valence-corrected chi connectivity index (χ4v) is 1.21. The minimum Gasteiger partial charge on any atom is -0.506 e. The Hall–Kier alpha value is -1.92. The Morgan fingerprint density at radius 2 is 2.18 bits per heavy atom. The molecule has 0 aliphatic rings. The summed E-state index contributed by atoms with van der Waals surface area (Å²) in [6.45, 7) is 0. The van der Waals surface area contributed by atoms with Gasteiger partial charge >= 0.3 is 5.97 Å². The molecule has 0 amide bonds. The van der Waals surface area contributed by atoms with Gasteiger partial charge in [0, 0.05) is 6.07 Å². The van der Waals surface area contributed by atoms with Crippen molar-refractivity contribution in [2.45, 2.75) is 12.8 Å². The molecule has 0 unspecified atom stereocenters. The number of carbonyl (C=O) groups is 1. The maximum Gasteiger partial charge on any atom is 0.311 e. The molecule has 1 rings (SSSR count). The number of esters is 1. The Labute approximate surface area is 96.0 Å². The molecule has 94 valence electrons. The molecule has 5 nitrogen and oxygen atoms in total. The molecule has 7 heteroatoms. The Balaban J connectivity index is 3.16. The highest BCUT2D eigenvalue weighted by Crippen LogP contribution is 2.31. The lowest BCUT2D eigenvalue weighted by atomic mass is 10.2. The molecular weight excluding hydrogens is 236 g/mol. The van der Waals surface area contributed by atoms with Gasteiger partial charge in [0.2, 0.25) is 0 Å². The zero-order valence-electron chi connectivity index (χ0n) is 9.24. The second-order valence-electron chi connectivity index (χ2n) is 3.10. The number of nitrogens with zero attached hydrogens (tertiary/aromatic N) is 1. The van der Waals surface area contributed by atoms with Gasteiger partial charge in [-0.1, -0.05) is 0 Å². The monoisotopic (exact) mass is 247 g/mol. The Morgan fingerprint density at radius 1 is 1.53 bits per heavy atom. The number of rotatable bonds is 4. The fraction of sp³-hybridized carbons (Fsp3) is 0.400. The van der Waals surface area contributed by atoms with Crippen molar-refractivity contribution in [3.63, 3.8) is 0 Å². The van der Waals surface area contributed by atoms with E-state index in [1.807, 2.05) is 0 Å². The summed E-state index contributed by atoms with van der Waals surface area (Å²) in [5, 5.41) is 9.27. The minimum absolute atomic E-state index is 0.00699. The van der Waals surface area contributed by atoms with Crippen molar-refractivity contribution in [1.29, 1.82) is 0 Å². The van der Waals surface area contributed by atoms with Crippen molar-refractivity contribution in [3.8, 4) is 11.5 Å². The predicted octanol–water partition coefficient (Wildman–Crippen LogP) is 1.45. The smallest absolute Gasteiger partial charge is 0.311 e. The zero-order chi connectivity index (χ0) is 13.0. The van der Waals surface area contributed by atoms with Crippen LogP contribution in [0.3, 0.4) is 0 Å². The molecule has 0 aliphatic carbocycles. The van der Waals surface area contributed by atoms with Crippen LogP contribution in [0.2, 0.25) is 0 Å². The van der Waals surface area contributed by atoms with E-state index in [4.69, 9.17) is 4.74 Å². The molecule has 0 radical (unpaired) electrons. The van der Waals surface area contributed by atoms with Gasteiger partial charge in [-0.3, -0.25) is 4.79 Å². The lowest BCUT2D eigenvalue weighted by Gasteiger charge is -2.10. The van der Waals surface area contributed by atoms with Crippen LogP contribution >= 0.6 is 0 Å². The quantitative estimate of drug-likeness (QED) is 0.815. The van der Waals surface area contributed by atoms with E-state index in [0.29, 0.717) is 0 Å². The van der Waals surface area contributed by atoms with Crippen LogP contribution in [0, 0.1) is 0 Å². The minimum atomic E-state index is -2.93. The van der Waals surface area contributed by atoms with Crippen molar-refractivity contribution in [1.82, 2.24) is 4.98 Å². The third-order valence-electron chi connectivity index (χ3n) is 2.04. The van der Waals surface area contributed by atoms with E-state index < -0.39 is 23.8 Å². The van der Waals surface area contributed by atoms with Crippen LogP contribution in [0.15, 0.2) is 6.07 Å². The molecule has 0 atom stereocenters. The van der Waals surface area contributed by atoms with Crippen molar-refractivity contribution in [3.05, 3.63) is 17.5 Å². The molecule has 1 aromatic heterocycles. The van der Waals surface area contributed by atoms with Crippen molar-refractivity contribution in [2.75, 3.05) is 14.2 Å². The van der Waals surface area contributed by atoms with E-state index in [9.17, 15) is 18.7 Å². The second-order valence-corrected chi connectivity index (χ2v) is 3.10. The van der Waals surface area contributed by atoms with E-state index in [1.165, 1.54) is 14.2 Å². The van der Waals surface area contributed by atoms with Crippen LogP contribution in [-0.4, -0.2) is 30.3 Å². The van der Waals surface area contributed by atoms with Crippen LogP contribution < -0.4 is 4.74 Å². The molecule has 0 saturated carbocycles. The molecule has 0 fully saturated rings. The normalized spacial score (nSPS) is 10.4. The van der Waals surface area contributed by atoms with Crippen molar-refractivity contribution >= 4 is 5.97 Å². The topological polar surface area (TPSA) is 68.7 Å². The van der Waals surface area contributed by atoms with Gasteiger partial charge in [-0.15, -0.1) is 0 Å². The van der Waals surface area contributed by atoms with E-state index in [1.54, 1.807) is 0 Å². The molecule has 1 heterocycles. The highest BCUT2D eigenvalue weighted by molar-refractivity contribution is 5.72. The molecule has 17 heavy (non-hydrogen) atoms. The van der Waals surface area contributed by atoms with E-state index >= 15 is 0 Å². The molecule has 0 bridgehead atoms. The first kappa shape index (κ1) is 13.1. The lowest BCUT2D eigenvalue weighted by molar-refractivity contribution is -0.139. The number of hydrogen-bond acceptors (Lipinski definition) is 5. The van der Waals surface area contributed by atoms with E-state index in [2.05, 4.69) is 9.72 Å². The summed E-state index contributed by atoms with van der Waals surface area (Å²) >= 11 is 0. The average Bonchev–Trinajstić information content (AvgIpc) is 2.30. The first-order chi connectivity index (χ1) is 7.99. The first-order valence-corrected chi connectivity index (χ1v) is 4.61. The standard InChI is InChI=1S/C10H11F2NO4/c1-16-7-4-6(14)9(10(11)12)13-5(7)3-8(15)17-2/h4,10,14H,3H2,1-2H3. The largest absolute Gasteiger partial charge is 0.506 e. The number of alkyl halides is 2. The second kappa shape index (κ2) is 5.42. The summed E-state index contributed by atoms with van der Waals surface area (Å²) in [6.07, 6.45) is -3.24. The van der Waals surface area contributed by atoms with Gasteiger partial charge in [0.05, 0.1) is 26.3 Å². The zero-order valence-corrected chi connectivity index (χ0v) is 9.24. The van der Waals surface area contributed by atoms with Crippen LogP contribution in [0.25, 0.3) is 0 Å². The van der Waals surface area contributed by atoms with Gasteiger partial charge in [0.25, 0.3) is 6.43 Å². The van der Waals surface area contributed by atoms with Crippen LogP contribution in [0.5, 0.6) is 11.5 Å². The maximum absolute atomic E-state index is 12.5. The molecule has 1 aromatic rings. The molecule has 0 aliphatic heterocycles. The molecule has 0 aromatic carbocycles. The molecule has 0 spiro atoms. The highest BCUT2D eigenvalue weighted by Gasteiger charge is 2.20. The van der Waals surface area contributed by atoms with Gasteiger partial charge in [-0.05, 0) is 0 Å². The van der Waals surface area contributed by atoms with Crippen LogP contribution in [0.1, 0.15) is 17.8 Å². The number of carbonyl (C=O) groups excluding carboxylic acids is 1. The van der Waals surface area contributed by atoms with Gasteiger partial charge in [-0.25, -0.2) is 13.8 Å². The number of halogens is 2. The fourth-order valence-electron chi connectivity index (χ4n) is 1.21. The van der Waals surface area contributed by atoms with Gasteiger partial charge in [0.1, 0.15) is 17.2 Å². The number of hydrogen-bond donors (Lipinski definition) is 1. The third kappa shape index (κ3) is 3.02. The number of methoxy groups -OCH3 is 2. The number of ether oxygens (including phenoxy) is 2. The summed E-state index contributed by atoms with van der Waals surface area (Å²) in [4.78, 5) is 14.6. The molecular formula is C10H11F2NO4. The van der Waals surface area contributed by atoms with Crippen LogP contribution in [0.4, 0.5) is 8.78 Å². The summed E-state index contributed by atoms with van der Waals surface area (Å²) < 4.78 is 34.2. The van der Waals surface area contributed by atoms with Crippen LogP contribution in [-0.2, 0) is 16.0 Å². The van der Waals surface area contributed by atoms with Crippen molar-refractivity contribution < 1.29 is 28.2 Å². The Kier molecular flexibility index (Phi) is 4.19. The molecule has 1 N–H and O–H groups in total. The van der Waals surface area contributed by atoms with E-state index in [0.717, 1.165) is 6.07 Å². The van der Waals surface area contributed by atoms with Crippen molar-refractivity contribution in [2.24, 2.45) is 0 Å². The number of aromatic hydroxyl groups is 1. The van der Waals surface area contributed by atoms with E-state index in [-0.39, 0.29) is 17.9 Å². The number of aromatic nitrogens is 1.